The molecule has 0 aliphatic heterocycles. The van der Waals surface area contributed by atoms with Crippen LogP contribution in [0.25, 0.3) is 11.6 Å². The zero-order valence-electron chi connectivity index (χ0n) is 18.8. The van der Waals surface area contributed by atoms with Crippen LogP contribution in [0.4, 0.5) is 4.39 Å². The first kappa shape index (κ1) is 23.1. The van der Waals surface area contributed by atoms with E-state index in [9.17, 15) is 18.8 Å². The Hall–Kier alpha value is -4.06. The molecule has 0 heterocycles. The van der Waals surface area contributed by atoms with E-state index in [4.69, 9.17) is 0 Å². The smallest absolute Gasteiger partial charge is 0.252 e. The van der Waals surface area contributed by atoms with Gasteiger partial charge in [0.05, 0.1) is 0 Å². The van der Waals surface area contributed by atoms with Crippen LogP contribution in [0.15, 0.2) is 72.8 Å². The van der Waals surface area contributed by atoms with E-state index in [1.807, 2.05) is 12.1 Å². The van der Waals surface area contributed by atoms with Gasteiger partial charge in [0.25, 0.3) is 11.8 Å². The number of Topliss-reactive ketones (excluding diaryl/α,β-unsaturated/α-hetero) is 1. The summed E-state index contributed by atoms with van der Waals surface area (Å²) >= 11 is 0. The minimum Gasteiger partial charge on any atom is -0.349 e. The Morgan fingerprint density at radius 2 is 1.44 bits per heavy atom. The molecule has 1 saturated carbocycles. The van der Waals surface area contributed by atoms with E-state index < -0.39 is 0 Å². The fraction of sp³-hybridized carbons (Fsp3) is 0.179. The fourth-order valence-electron chi connectivity index (χ4n) is 3.44. The minimum atomic E-state index is -0.365. The van der Waals surface area contributed by atoms with Gasteiger partial charge in [-0.3, -0.25) is 14.4 Å². The number of carbonyl (C=O) groups excluding carboxylic acids is 3. The van der Waals surface area contributed by atoms with Crippen LogP contribution in [0.2, 0.25) is 0 Å². The van der Waals surface area contributed by atoms with E-state index in [-0.39, 0.29) is 29.5 Å². The van der Waals surface area contributed by atoms with Crippen molar-refractivity contribution in [1.29, 1.82) is 0 Å². The molecular formula is C28H25FN2O3. The van der Waals surface area contributed by atoms with Crippen LogP contribution >= 0.6 is 0 Å². The van der Waals surface area contributed by atoms with Crippen LogP contribution in [0.1, 0.15) is 57.2 Å². The Morgan fingerprint density at radius 3 is 2.03 bits per heavy atom. The highest BCUT2D eigenvalue weighted by atomic mass is 19.1. The quantitative estimate of drug-likeness (QED) is 0.291. The summed E-state index contributed by atoms with van der Waals surface area (Å²) in [5.41, 5.74) is 3.83. The lowest BCUT2D eigenvalue weighted by Gasteiger charge is -2.10. The number of rotatable bonds is 8. The van der Waals surface area contributed by atoms with E-state index in [0.717, 1.165) is 24.0 Å². The average molecular weight is 457 g/mol. The van der Waals surface area contributed by atoms with Gasteiger partial charge in [-0.1, -0.05) is 48.5 Å². The van der Waals surface area contributed by atoms with E-state index in [1.54, 1.807) is 54.6 Å². The largest absolute Gasteiger partial charge is 0.349 e. The van der Waals surface area contributed by atoms with E-state index in [2.05, 4.69) is 10.6 Å². The number of halogens is 1. The number of benzene rings is 3. The molecule has 2 N–H and O–H groups in total. The van der Waals surface area contributed by atoms with E-state index >= 15 is 0 Å². The Kier molecular flexibility index (Phi) is 6.97. The summed E-state index contributed by atoms with van der Waals surface area (Å²) < 4.78 is 13.4. The molecule has 0 unspecified atom stereocenters. The zero-order chi connectivity index (χ0) is 24.1. The number of hydrogen-bond acceptors (Lipinski definition) is 3. The van der Waals surface area contributed by atoms with Gasteiger partial charge < -0.3 is 10.6 Å². The third kappa shape index (κ3) is 6.04. The van der Waals surface area contributed by atoms with E-state index in [0.29, 0.717) is 28.8 Å². The topological polar surface area (TPSA) is 75.3 Å². The molecule has 3 aromatic carbocycles. The van der Waals surface area contributed by atoms with Gasteiger partial charge in [0.2, 0.25) is 0 Å². The molecule has 3 aromatic rings. The van der Waals surface area contributed by atoms with Crippen molar-refractivity contribution in [3.63, 3.8) is 0 Å². The lowest BCUT2D eigenvalue weighted by atomic mass is 10.0. The normalized spacial score (nSPS) is 13.3. The predicted molar refractivity (Wildman–Crippen MR) is 129 cm³/mol. The van der Waals surface area contributed by atoms with Crippen molar-refractivity contribution in [2.24, 2.45) is 0 Å². The summed E-state index contributed by atoms with van der Waals surface area (Å²) in [6.07, 6.45) is 3.67. The van der Waals surface area contributed by atoms with Crippen molar-refractivity contribution in [3.05, 3.63) is 106 Å². The molecule has 0 aromatic heterocycles. The molecule has 1 fully saturated rings. The number of nitrogens with one attached hydrogen (secondary N) is 2. The number of carbonyl (C=O) groups is 3. The van der Waals surface area contributed by atoms with Gasteiger partial charge in [0.15, 0.2) is 5.78 Å². The van der Waals surface area contributed by atoms with Crippen molar-refractivity contribution in [2.75, 3.05) is 0 Å². The molecule has 1 aliphatic rings. The Balaban J connectivity index is 1.45. The van der Waals surface area contributed by atoms with Crippen molar-refractivity contribution < 1.29 is 18.8 Å². The lowest BCUT2D eigenvalue weighted by Crippen LogP contribution is -2.26. The molecule has 0 atom stereocenters. The van der Waals surface area contributed by atoms with Crippen LogP contribution in [-0.2, 0) is 11.3 Å². The molecular weight excluding hydrogens is 431 g/mol. The number of hydrogen-bond donors (Lipinski definition) is 2. The third-order valence-corrected chi connectivity index (χ3v) is 5.61. The van der Waals surface area contributed by atoms with Crippen LogP contribution < -0.4 is 10.6 Å². The SMILES string of the molecule is CC(=O)c1ccc(CNC(=O)c2ccc(/C=C(/C(=O)NC3CC3)c3ccc(F)cc3)cc2)cc1. The minimum absolute atomic E-state index is 0.00247. The van der Waals surface area contributed by atoms with Gasteiger partial charge in [-0.25, -0.2) is 4.39 Å². The summed E-state index contributed by atoms with van der Waals surface area (Å²) in [5, 5.41) is 5.84. The first-order valence-electron chi connectivity index (χ1n) is 11.2. The van der Waals surface area contributed by atoms with Crippen LogP contribution in [-0.4, -0.2) is 23.6 Å². The number of ketones is 1. The third-order valence-electron chi connectivity index (χ3n) is 5.61. The second-order valence-electron chi connectivity index (χ2n) is 8.37. The second-order valence-corrected chi connectivity index (χ2v) is 8.37. The molecule has 34 heavy (non-hydrogen) atoms. The first-order valence-corrected chi connectivity index (χ1v) is 11.2. The number of amides is 2. The van der Waals surface area contributed by atoms with Gasteiger partial charge in [0.1, 0.15) is 5.82 Å². The molecule has 5 nitrogen and oxygen atoms in total. The predicted octanol–water partition coefficient (Wildman–Crippen LogP) is 4.78. The Labute approximate surface area is 197 Å². The van der Waals surface area contributed by atoms with Crippen LogP contribution in [0.5, 0.6) is 0 Å². The van der Waals surface area contributed by atoms with Crippen molar-refractivity contribution in [1.82, 2.24) is 10.6 Å². The standard InChI is InChI=1S/C28H25FN2O3/c1-18(32)21-6-4-20(5-7-21)17-30-27(33)23-8-2-19(3-9-23)16-26(28(34)31-25-14-15-25)22-10-12-24(29)13-11-22/h2-13,16,25H,14-15,17H2,1H3,(H,30,33)(H,31,34)/b26-16+. The van der Waals surface area contributed by atoms with Gasteiger partial charge >= 0.3 is 0 Å². The highest BCUT2D eigenvalue weighted by Crippen LogP contribution is 2.24. The molecule has 0 radical (unpaired) electrons. The highest BCUT2D eigenvalue weighted by molar-refractivity contribution is 6.24. The monoisotopic (exact) mass is 456 g/mol. The molecule has 2 amide bonds. The lowest BCUT2D eigenvalue weighted by molar-refractivity contribution is -0.115. The van der Waals surface area contributed by atoms with E-state index in [1.165, 1.54) is 19.1 Å². The zero-order valence-corrected chi connectivity index (χ0v) is 18.8. The molecule has 172 valence electrons. The maximum atomic E-state index is 13.4. The van der Waals surface area contributed by atoms with Crippen molar-refractivity contribution >= 4 is 29.2 Å². The van der Waals surface area contributed by atoms with Gasteiger partial charge in [-0.2, -0.15) is 0 Å². The summed E-state index contributed by atoms with van der Waals surface area (Å²) in [5.74, 6) is -0.795. The second kappa shape index (κ2) is 10.3. The van der Waals surface area contributed by atoms with Gasteiger partial charge in [0, 0.05) is 29.3 Å². The van der Waals surface area contributed by atoms with Crippen molar-refractivity contribution in [2.45, 2.75) is 32.4 Å². The summed E-state index contributed by atoms with van der Waals surface area (Å²) in [6, 6.07) is 20.0. The summed E-state index contributed by atoms with van der Waals surface area (Å²) in [6.45, 7) is 1.85. The van der Waals surface area contributed by atoms with Crippen molar-refractivity contribution in [3.8, 4) is 0 Å². The first-order chi connectivity index (χ1) is 16.4. The molecule has 6 heteroatoms. The highest BCUT2D eigenvalue weighted by Gasteiger charge is 2.25. The fourth-order valence-corrected chi connectivity index (χ4v) is 3.44. The molecule has 0 saturated heterocycles. The van der Waals surface area contributed by atoms with Crippen LogP contribution in [0.3, 0.4) is 0 Å². The summed E-state index contributed by atoms with van der Waals surface area (Å²) in [4.78, 5) is 36.7. The van der Waals surface area contributed by atoms with Crippen LogP contribution in [0, 0.1) is 5.82 Å². The molecule has 0 spiro atoms. The van der Waals surface area contributed by atoms with Gasteiger partial charge in [-0.05, 0) is 66.8 Å². The summed E-state index contributed by atoms with van der Waals surface area (Å²) in [7, 11) is 0. The van der Waals surface area contributed by atoms with Gasteiger partial charge in [-0.15, -0.1) is 0 Å². The Bertz CT molecular complexity index is 1230. The average Bonchev–Trinajstić information content (AvgIpc) is 3.66. The molecule has 4 rings (SSSR count). The maximum absolute atomic E-state index is 13.4. The Morgan fingerprint density at radius 1 is 0.853 bits per heavy atom. The molecule has 1 aliphatic carbocycles. The maximum Gasteiger partial charge on any atom is 0.252 e. The molecule has 0 bridgehead atoms.